The van der Waals surface area contributed by atoms with Gasteiger partial charge in [-0.2, -0.15) is 0 Å². The molecular weight excluding hydrogens is 310 g/mol. The second kappa shape index (κ2) is 6.75. The topological polar surface area (TPSA) is 65.2 Å². The van der Waals surface area contributed by atoms with E-state index in [0.29, 0.717) is 10.0 Å². The molecule has 100 valence electrons. The molecule has 0 aliphatic rings. The van der Waals surface area contributed by atoms with Crippen molar-refractivity contribution in [1.29, 1.82) is 0 Å². The summed E-state index contributed by atoms with van der Waals surface area (Å²) < 4.78 is 30.8. The SMILES string of the molecule is CCOC(=O)Cc1c(Br)cnc(C(F)F)c1CN. The minimum Gasteiger partial charge on any atom is -0.466 e. The van der Waals surface area contributed by atoms with Crippen LogP contribution in [-0.4, -0.2) is 17.6 Å². The van der Waals surface area contributed by atoms with Crippen LogP contribution >= 0.6 is 15.9 Å². The number of hydrogen-bond donors (Lipinski definition) is 1. The number of esters is 1. The summed E-state index contributed by atoms with van der Waals surface area (Å²) in [7, 11) is 0. The molecule has 0 amide bonds. The van der Waals surface area contributed by atoms with Crippen molar-refractivity contribution in [2.75, 3.05) is 6.61 Å². The maximum Gasteiger partial charge on any atom is 0.310 e. The number of carbonyl (C=O) groups is 1. The van der Waals surface area contributed by atoms with E-state index in [1.165, 1.54) is 6.20 Å². The van der Waals surface area contributed by atoms with Crippen LogP contribution in [0.5, 0.6) is 0 Å². The van der Waals surface area contributed by atoms with Gasteiger partial charge in [0.2, 0.25) is 0 Å². The molecule has 0 saturated heterocycles. The molecule has 0 aliphatic carbocycles. The van der Waals surface area contributed by atoms with Crippen LogP contribution in [0.25, 0.3) is 0 Å². The molecule has 1 aromatic heterocycles. The number of pyridine rings is 1. The molecule has 7 heteroatoms. The predicted molar refractivity (Wildman–Crippen MR) is 65.1 cm³/mol. The van der Waals surface area contributed by atoms with Crippen LogP contribution in [0.3, 0.4) is 0 Å². The number of nitrogens with two attached hydrogens (primary N) is 1. The van der Waals surface area contributed by atoms with Gasteiger partial charge in [0.05, 0.1) is 13.0 Å². The molecule has 0 aromatic carbocycles. The highest BCUT2D eigenvalue weighted by Crippen LogP contribution is 2.28. The normalized spacial score (nSPS) is 10.8. The van der Waals surface area contributed by atoms with Crippen LogP contribution in [-0.2, 0) is 22.5 Å². The quantitative estimate of drug-likeness (QED) is 0.845. The van der Waals surface area contributed by atoms with Crippen LogP contribution in [0.4, 0.5) is 8.78 Å². The fourth-order valence-corrected chi connectivity index (χ4v) is 2.03. The molecule has 1 rings (SSSR count). The number of aromatic nitrogens is 1. The van der Waals surface area contributed by atoms with Gasteiger partial charge in [-0.05, 0) is 34.0 Å². The molecule has 0 radical (unpaired) electrons. The summed E-state index contributed by atoms with van der Waals surface area (Å²) >= 11 is 3.18. The van der Waals surface area contributed by atoms with Crippen LogP contribution in [0.2, 0.25) is 0 Å². The van der Waals surface area contributed by atoms with Crippen molar-refractivity contribution in [2.24, 2.45) is 5.73 Å². The first-order chi connectivity index (χ1) is 8.51. The molecule has 4 nitrogen and oxygen atoms in total. The molecule has 0 saturated carbocycles. The van der Waals surface area contributed by atoms with Gasteiger partial charge in [-0.15, -0.1) is 0 Å². The van der Waals surface area contributed by atoms with Crippen molar-refractivity contribution in [3.05, 3.63) is 27.5 Å². The molecule has 0 bridgehead atoms. The van der Waals surface area contributed by atoms with E-state index in [4.69, 9.17) is 10.5 Å². The average molecular weight is 323 g/mol. The van der Waals surface area contributed by atoms with Crippen molar-refractivity contribution in [1.82, 2.24) is 4.98 Å². The third kappa shape index (κ3) is 3.46. The second-order valence-electron chi connectivity index (χ2n) is 3.44. The summed E-state index contributed by atoms with van der Waals surface area (Å²) in [5.74, 6) is -0.487. The number of halogens is 3. The van der Waals surface area contributed by atoms with Crippen molar-refractivity contribution in [3.8, 4) is 0 Å². The first-order valence-corrected chi connectivity index (χ1v) is 6.10. The van der Waals surface area contributed by atoms with Gasteiger partial charge in [0.25, 0.3) is 6.43 Å². The smallest absolute Gasteiger partial charge is 0.310 e. The monoisotopic (exact) mass is 322 g/mol. The molecular formula is C11H13BrF2N2O2. The molecule has 0 fully saturated rings. The van der Waals surface area contributed by atoms with Gasteiger partial charge in [-0.25, -0.2) is 8.78 Å². The van der Waals surface area contributed by atoms with Gasteiger partial charge in [0.1, 0.15) is 5.69 Å². The van der Waals surface area contributed by atoms with E-state index >= 15 is 0 Å². The van der Waals surface area contributed by atoms with Crippen molar-refractivity contribution in [3.63, 3.8) is 0 Å². The van der Waals surface area contributed by atoms with Gasteiger partial charge in [0.15, 0.2) is 0 Å². The summed E-state index contributed by atoms with van der Waals surface area (Å²) in [5, 5.41) is 0. The molecule has 0 spiro atoms. The highest BCUT2D eigenvalue weighted by molar-refractivity contribution is 9.10. The Kier molecular flexibility index (Phi) is 5.61. The third-order valence-corrected chi connectivity index (χ3v) is 3.00. The Morgan fingerprint density at radius 1 is 1.56 bits per heavy atom. The average Bonchev–Trinajstić information content (AvgIpc) is 2.31. The summed E-state index contributed by atoms with van der Waals surface area (Å²) in [6.45, 7) is 1.80. The molecule has 18 heavy (non-hydrogen) atoms. The van der Waals surface area contributed by atoms with Gasteiger partial charge < -0.3 is 10.5 Å². The number of hydrogen-bond acceptors (Lipinski definition) is 4. The summed E-state index contributed by atoms with van der Waals surface area (Å²) in [4.78, 5) is 15.1. The Bertz CT molecular complexity index is 441. The first kappa shape index (κ1) is 15.0. The minimum atomic E-state index is -2.72. The van der Waals surface area contributed by atoms with E-state index in [1.54, 1.807) is 6.92 Å². The molecule has 2 N–H and O–H groups in total. The number of carbonyl (C=O) groups excluding carboxylic acids is 1. The fourth-order valence-electron chi connectivity index (χ4n) is 1.54. The van der Waals surface area contributed by atoms with E-state index < -0.39 is 12.4 Å². The van der Waals surface area contributed by atoms with E-state index in [9.17, 15) is 13.6 Å². The number of rotatable bonds is 5. The molecule has 0 atom stereocenters. The Balaban J connectivity index is 3.15. The largest absolute Gasteiger partial charge is 0.466 e. The molecule has 0 unspecified atom stereocenters. The fraction of sp³-hybridized carbons (Fsp3) is 0.455. The van der Waals surface area contributed by atoms with E-state index in [-0.39, 0.29) is 30.8 Å². The summed E-state index contributed by atoms with van der Waals surface area (Å²) in [5.41, 5.74) is 5.66. The zero-order valence-corrected chi connectivity index (χ0v) is 11.3. The van der Waals surface area contributed by atoms with E-state index in [2.05, 4.69) is 20.9 Å². The van der Waals surface area contributed by atoms with Gasteiger partial charge >= 0.3 is 5.97 Å². The van der Waals surface area contributed by atoms with Crippen LogP contribution in [0.15, 0.2) is 10.7 Å². The van der Waals surface area contributed by atoms with Gasteiger partial charge in [-0.1, -0.05) is 0 Å². The van der Waals surface area contributed by atoms with E-state index in [0.717, 1.165) is 0 Å². The standard InChI is InChI=1S/C11H13BrF2N2O2/c1-2-18-9(17)3-6-7(4-15)10(11(13)14)16-5-8(6)12/h5,11H,2-4,15H2,1H3. The minimum absolute atomic E-state index is 0.108. The van der Waals surface area contributed by atoms with Crippen molar-refractivity contribution >= 4 is 21.9 Å². The summed E-state index contributed by atoms with van der Waals surface area (Å²) in [6.07, 6.45) is -1.59. The zero-order chi connectivity index (χ0) is 13.7. The highest BCUT2D eigenvalue weighted by atomic mass is 79.9. The number of alkyl halides is 2. The third-order valence-electron chi connectivity index (χ3n) is 2.32. The zero-order valence-electron chi connectivity index (χ0n) is 9.75. The Morgan fingerprint density at radius 3 is 2.72 bits per heavy atom. The highest BCUT2D eigenvalue weighted by Gasteiger charge is 2.21. The number of ether oxygens (including phenoxy) is 1. The lowest BCUT2D eigenvalue weighted by Gasteiger charge is -2.13. The van der Waals surface area contributed by atoms with Crippen molar-refractivity contribution < 1.29 is 18.3 Å². The van der Waals surface area contributed by atoms with Crippen molar-refractivity contribution in [2.45, 2.75) is 26.3 Å². The van der Waals surface area contributed by atoms with Crippen LogP contribution in [0, 0.1) is 0 Å². The first-order valence-electron chi connectivity index (χ1n) is 5.31. The Morgan fingerprint density at radius 2 is 2.22 bits per heavy atom. The maximum atomic E-state index is 12.8. The van der Waals surface area contributed by atoms with Crippen LogP contribution < -0.4 is 5.73 Å². The Hall–Kier alpha value is -1.08. The second-order valence-corrected chi connectivity index (χ2v) is 4.29. The predicted octanol–water partition coefficient (Wildman–Crippen LogP) is 2.35. The lowest BCUT2D eigenvalue weighted by Crippen LogP contribution is -2.14. The molecule has 0 aliphatic heterocycles. The lowest BCUT2D eigenvalue weighted by molar-refractivity contribution is -0.142. The van der Waals surface area contributed by atoms with E-state index in [1.807, 2.05) is 0 Å². The maximum absolute atomic E-state index is 12.8. The summed E-state index contributed by atoms with van der Waals surface area (Å²) in [6, 6.07) is 0. The number of nitrogens with zero attached hydrogens (tertiary/aromatic N) is 1. The molecule has 1 heterocycles. The van der Waals surface area contributed by atoms with Gasteiger partial charge in [-0.3, -0.25) is 9.78 Å². The van der Waals surface area contributed by atoms with Gasteiger partial charge in [0, 0.05) is 17.2 Å². The molecule has 1 aromatic rings. The van der Waals surface area contributed by atoms with Crippen LogP contribution in [0.1, 0.15) is 30.2 Å². The lowest BCUT2D eigenvalue weighted by atomic mass is 10.0. The Labute approximate surface area is 112 Å².